The van der Waals surface area contributed by atoms with Gasteiger partial charge in [-0.3, -0.25) is 4.90 Å². The number of hydrogen-bond acceptors (Lipinski definition) is 2. The molecule has 0 N–H and O–H groups in total. The topological polar surface area (TPSA) is 12.5 Å². The monoisotopic (exact) mass is 293 g/mol. The molecule has 114 valence electrons. The Hall–Kier alpha value is -2.06. The summed E-state index contributed by atoms with van der Waals surface area (Å²) in [4.78, 5) is 2.49. The van der Waals surface area contributed by atoms with Crippen LogP contribution in [0.15, 0.2) is 60.7 Å². The lowest BCUT2D eigenvalue weighted by Crippen LogP contribution is -2.28. The van der Waals surface area contributed by atoms with E-state index in [1.807, 2.05) is 13.0 Å². The molecule has 0 bridgehead atoms. The molecular formula is C20H23NO. The molecule has 2 heteroatoms. The van der Waals surface area contributed by atoms with Gasteiger partial charge in [-0.1, -0.05) is 54.6 Å². The molecular weight excluding hydrogens is 270 g/mol. The Morgan fingerprint density at radius 3 is 2.50 bits per heavy atom. The van der Waals surface area contributed by atoms with Gasteiger partial charge in [0.15, 0.2) is 0 Å². The predicted octanol–water partition coefficient (Wildman–Crippen LogP) is 4.37. The van der Waals surface area contributed by atoms with E-state index in [0.717, 1.165) is 31.8 Å². The first-order valence-electron chi connectivity index (χ1n) is 8.04. The van der Waals surface area contributed by atoms with Gasteiger partial charge in [0.1, 0.15) is 5.75 Å². The Morgan fingerprint density at radius 1 is 1.00 bits per heavy atom. The van der Waals surface area contributed by atoms with Crippen LogP contribution in [0.4, 0.5) is 0 Å². The summed E-state index contributed by atoms with van der Waals surface area (Å²) in [6, 6.07) is 19.1. The summed E-state index contributed by atoms with van der Waals surface area (Å²) in [6.07, 6.45) is 3.43. The number of rotatable bonds is 5. The van der Waals surface area contributed by atoms with Crippen molar-refractivity contribution in [3.05, 3.63) is 71.8 Å². The maximum atomic E-state index is 5.76. The van der Waals surface area contributed by atoms with Crippen molar-refractivity contribution in [2.45, 2.75) is 19.9 Å². The molecule has 1 aliphatic heterocycles. The minimum Gasteiger partial charge on any atom is -0.493 e. The molecule has 0 amide bonds. The fourth-order valence-corrected chi connectivity index (χ4v) is 2.95. The molecule has 0 saturated heterocycles. The predicted molar refractivity (Wildman–Crippen MR) is 91.9 cm³/mol. The first-order valence-corrected chi connectivity index (χ1v) is 8.04. The van der Waals surface area contributed by atoms with Crippen LogP contribution in [-0.4, -0.2) is 24.6 Å². The van der Waals surface area contributed by atoms with E-state index in [0.29, 0.717) is 6.61 Å². The largest absolute Gasteiger partial charge is 0.493 e. The first-order chi connectivity index (χ1) is 10.9. The molecule has 0 aliphatic carbocycles. The van der Waals surface area contributed by atoms with E-state index in [9.17, 15) is 0 Å². The highest BCUT2D eigenvalue weighted by molar-refractivity contribution is 5.71. The van der Waals surface area contributed by atoms with E-state index in [2.05, 4.69) is 59.5 Å². The zero-order valence-corrected chi connectivity index (χ0v) is 13.2. The quantitative estimate of drug-likeness (QED) is 0.811. The van der Waals surface area contributed by atoms with Crippen molar-refractivity contribution < 1.29 is 4.74 Å². The van der Waals surface area contributed by atoms with E-state index in [4.69, 9.17) is 4.74 Å². The highest BCUT2D eigenvalue weighted by Crippen LogP contribution is 2.30. The molecule has 22 heavy (non-hydrogen) atoms. The summed E-state index contributed by atoms with van der Waals surface area (Å²) in [5.74, 6) is 1.01. The van der Waals surface area contributed by atoms with Gasteiger partial charge in [0.25, 0.3) is 0 Å². The lowest BCUT2D eigenvalue weighted by molar-refractivity contribution is 0.293. The van der Waals surface area contributed by atoms with Crippen molar-refractivity contribution in [3.63, 3.8) is 0 Å². The third-order valence-corrected chi connectivity index (χ3v) is 4.08. The van der Waals surface area contributed by atoms with Gasteiger partial charge in [0.2, 0.25) is 0 Å². The summed E-state index contributed by atoms with van der Waals surface area (Å²) >= 11 is 0. The minimum absolute atomic E-state index is 0.713. The number of hydrogen-bond donors (Lipinski definition) is 0. The fourth-order valence-electron chi connectivity index (χ4n) is 2.95. The van der Waals surface area contributed by atoms with Crippen molar-refractivity contribution >= 4 is 5.57 Å². The third-order valence-electron chi connectivity index (χ3n) is 4.08. The van der Waals surface area contributed by atoms with Crippen LogP contribution in [0.1, 0.15) is 24.5 Å². The molecule has 0 atom stereocenters. The van der Waals surface area contributed by atoms with Gasteiger partial charge < -0.3 is 4.74 Å². The van der Waals surface area contributed by atoms with Crippen LogP contribution in [0.5, 0.6) is 5.75 Å². The van der Waals surface area contributed by atoms with Crippen LogP contribution in [0.25, 0.3) is 5.57 Å². The molecule has 0 saturated carbocycles. The first kappa shape index (κ1) is 14.9. The normalized spacial score (nSPS) is 15.4. The van der Waals surface area contributed by atoms with Gasteiger partial charge in [-0.2, -0.15) is 0 Å². The lowest BCUT2D eigenvalue weighted by atomic mass is 9.98. The van der Waals surface area contributed by atoms with Gasteiger partial charge in [-0.25, -0.2) is 0 Å². The van der Waals surface area contributed by atoms with Crippen LogP contribution in [-0.2, 0) is 6.54 Å². The Kier molecular flexibility index (Phi) is 4.92. The van der Waals surface area contributed by atoms with Crippen molar-refractivity contribution in [1.82, 2.24) is 4.90 Å². The maximum absolute atomic E-state index is 5.76. The van der Waals surface area contributed by atoms with Gasteiger partial charge in [0, 0.05) is 25.2 Å². The SMILES string of the molecule is CCOc1ccccc1C1=CCN(Cc2ccccc2)CC1. The zero-order valence-electron chi connectivity index (χ0n) is 13.2. The smallest absolute Gasteiger partial charge is 0.126 e. The number of nitrogens with zero attached hydrogens (tertiary/aromatic N) is 1. The van der Waals surface area contributed by atoms with E-state index in [1.165, 1.54) is 16.7 Å². The lowest BCUT2D eigenvalue weighted by Gasteiger charge is -2.27. The van der Waals surface area contributed by atoms with Crippen molar-refractivity contribution in [3.8, 4) is 5.75 Å². The summed E-state index contributed by atoms with van der Waals surface area (Å²) in [5.41, 5.74) is 4.05. The second kappa shape index (κ2) is 7.28. The Labute approximate surface area is 133 Å². The molecule has 0 aromatic heterocycles. The average Bonchev–Trinajstić information content (AvgIpc) is 2.58. The van der Waals surface area contributed by atoms with Crippen LogP contribution in [0.2, 0.25) is 0 Å². The fraction of sp³-hybridized carbons (Fsp3) is 0.300. The van der Waals surface area contributed by atoms with Crippen molar-refractivity contribution in [1.29, 1.82) is 0 Å². The highest BCUT2D eigenvalue weighted by atomic mass is 16.5. The minimum atomic E-state index is 0.713. The van der Waals surface area contributed by atoms with E-state index in [-0.39, 0.29) is 0 Å². The van der Waals surface area contributed by atoms with Gasteiger partial charge >= 0.3 is 0 Å². The second-order valence-corrected chi connectivity index (χ2v) is 5.63. The van der Waals surface area contributed by atoms with Crippen LogP contribution < -0.4 is 4.74 Å². The zero-order chi connectivity index (χ0) is 15.2. The molecule has 2 aromatic rings. The molecule has 1 aliphatic rings. The van der Waals surface area contributed by atoms with Gasteiger partial charge in [-0.15, -0.1) is 0 Å². The molecule has 0 radical (unpaired) electrons. The summed E-state index contributed by atoms with van der Waals surface area (Å²) < 4.78 is 5.76. The van der Waals surface area contributed by atoms with E-state index >= 15 is 0 Å². The summed E-state index contributed by atoms with van der Waals surface area (Å²) in [5, 5.41) is 0. The van der Waals surface area contributed by atoms with Gasteiger partial charge in [0.05, 0.1) is 6.61 Å². The van der Waals surface area contributed by atoms with E-state index < -0.39 is 0 Å². The maximum Gasteiger partial charge on any atom is 0.126 e. The highest BCUT2D eigenvalue weighted by Gasteiger charge is 2.15. The molecule has 0 unspecified atom stereocenters. The Balaban J connectivity index is 1.69. The van der Waals surface area contributed by atoms with E-state index in [1.54, 1.807) is 0 Å². The van der Waals surface area contributed by atoms with Crippen molar-refractivity contribution in [2.24, 2.45) is 0 Å². The molecule has 0 spiro atoms. The second-order valence-electron chi connectivity index (χ2n) is 5.63. The van der Waals surface area contributed by atoms with Gasteiger partial charge in [-0.05, 0) is 30.5 Å². The van der Waals surface area contributed by atoms with Crippen LogP contribution in [0.3, 0.4) is 0 Å². The molecule has 2 aromatic carbocycles. The van der Waals surface area contributed by atoms with Crippen LogP contribution in [0, 0.1) is 0 Å². The Bertz CT molecular complexity index is 633. The Morgan fingerprint density at radius 2 is 1.77 bits per heavy atom. The average molecular weight is 293 g/mol. The number of ether oxygens (including phenoxy) is 1. The summed E-state index contributed by atoms with van der Waals surface area (Å²) in [6.45, 7) is 5.88. The van der Waals surface area contributed by atoms with Crippen LogP contribution >= 0.6 is 0 Å². The summed E-state index contributed by atoms with van der Waals surface area (Å²) in [7, 11) is 0. The molecule has 2 nitrogen and oxygen atoms in total. The number of para-hydroxylation sites is 1. The molecule has 3 rings (SSSR count). The molecule has 1 heterocycles. The third kappa shape index (κ3) is 3.58. The van der Waals surface area contributed by atoms with Crippen molar-refractivity contribution in [2.75, 3.05) is 19.7 Å². The number of benzene rings is 2. The molecule has 0 fully saturated rings. The standard InChI is InChI=1S/C20H23NO/c1-2-22-20-11-7-6-10-19(20)18-12-14-21(15-13-18)16-17-8-4-3-5-9-17/h3-12H,2,13-16H2,1H3.